The lowest BCUT2D eigenvalue weighted by Gasteiger charge is -2.40. The fraction of sp³-hybridized carbons (Fsp3) is 0.324. The van der Waals surface area contributed by atoms with Crippen LogP contribution in [0.15, 0.2) is 97.1 Å². The Kier molecular flexibility index (Phi) is 6.29. The van der Waals surface area contributed by atoms with E-state index in [2.05, 4.69) is 0 Å². The zero-order valence-corrected chi connectivity index (χ0v) is 23.3. The molecule has 2 saturated heterocycles. The van der Waals surface area contributed by atoms with E-state index in [1.54, 1.807) is 17.9 Å². The summed E-state index contributed by atoms with van der Waals surface area (Å²) in [7, 11) is 0. The zero-order chi connectivity index (χ0) is 29.1. The van der Waals surface area contributed by atoms with Gasteiger partial charge in [0.15, 0.2) is 0 Å². The lowest BCUT2D eigenvalue weighted by Crippen LogP contribution is -2.57. The molecule has 0 saturated carbocycles. The molecule has 4 aliphatic heterocycles. The molecule has 214 valence electrons. The molecule has 8 nitrogen and oxygen atoms in total. The average molecular weight is 565 g/mol. The highest BCUT2D eigenvalue weighted by Crippen LogP contribution is 2.58. The van der Waals surface area contributed by atoms with E-state index < -0.39 is 53.6 Å². The van der Waals surface area contributed by atoms with Gasteiger partial charge in [-0.25, -0.2) is 0 Å². The normalized spacial score (nSPS) is 31.2. The number of amides is 2. The van der Waals surface area contributed by atoms with Gasteiger partial charge < -0.3 is 24.4 Å². The van der Waals surface area contributed by atoms with Gasteiger partial charge in [0.25, 0.3) is 5.91 Å². The Balaban J connectivity index is 1.40. The van der Waals surface area contributed by atoms with Crippen LogP contribution in [0.1, 0.15) is 24.9 Å². The first-order valence-corrected chi connectivity index (χ1v) is 14.4. The minimum atomic E-state index is -1.45. The fourth-order valence-electron chi connectivity index (χ4n) is 7.37. The second-order valence-electron chi connectivity index (χ2n) is 11.6. The average Bonchev–Trinajstić information content (AvgIpc) is 3.32. The summed E-state index contributed by atoms with van der Waals surface area (Å²) < 4.78 is 12.4. The van der Waals surface area contributed by atoms with Crippen LogP contribution in [0.5, 0.6) is 0 Å². The van der Waals surface area contributed by atoms with Crippen molar-refractivity contribution in [2.75, 3.05) is 24.7 Å². The molecule has 0 bridgehead atoms. The van der Waals surface area contributed by atoms with Crippen LogP contribution in [0.2, 0.25) is 0 Å². The number of esters is 1. The number of fused-ring (bicyclic) bond motifs is 3. The standard InChI is InChI=1S/C34H32N2O6/c1-33-16-7-8-19-41-32(40)28(33)27-30(38)36(26(21-37)23-11-3-2-4-12-23)29-31(39)35(18-9-17-34(27,29)42-33)25-15-14-22-10-5-6-13-24(22)20-25/h2-7,9-17,20,26-29,37H,8,18-19,21H2,1H3/t26-,27+,28-,29?,33+,34+/m1/s1. The number of nitrogens with zero attached hydrogens (tertiary/aromatic N) is 2. The minimum Gasteiger partial charge on any atom is -0.465 e. The highest BCUT2D eigenvalue weighted by atomic mass is 16.6. The summed E-state index contributed by atoms with van der Waals surface area (Å²) >= 11 is 0. The van der Waals surface area contributed by atoms with Crippen molar-refractivity contribution in [1.82, 2.24) is 4.90 Å². The first kappa shape index (κ1) is 26.6. The second-order valence-corrected chi connectivity index (χ2v) is 11.6. The van der Waals surface area contributed by atoms with Crippen molar-refractivity contribution in [1.29, 1.82) is 0 Å². The van der Waals surface area contributed by atoms with Gasteiger partial charge in [-0.2, -0.15) is 0 Å². The monoisotopic (exact) mass is 564 g/mol. The minimum absolute atomic E-state index is 0.205. The van der Waals surface area contributed by atoms with E-state index in [1.807, 2.05) is 91.0 Å². The summed E-state index contributed by atoms with van der Waals surface area (Å²) in [4.78, 5) is 46.1. The van der Waals surface area contributed by atoms with Gasteiger partial charge in [-0.3, -0.25) is 14.4 Å². The van der Waals surface area contributed by atoms with Crippen LogP contribution in [0.3, 0.4) is 0 Å². The van der Waals surface area contributed by atoms with Crippen LogP contribution in [0, 0.1) is 11.8 Å². The second kappa shape index (κ2) is 9.93. The topological polar surface area (TPSA) is 96.4 Å². The van der Waals surface area contributed by atoms with Gasteiger partial charge in [0.1, 0.15) is 17.6 Å². The molecule has 4 heterocycles. The van der Waals surface area contributed by atoms with Crippen LogP contribution in [-0.2, 0) is 23.9 Å². The number of aliphatic hydroxyl groups is 1. The van der Waals surface area contributed by atoms with Gasteiger partial charge in [-0.15, -0.1) is 0 Å². The smallest absolute Gasteiger partial charge is 0.313 e. The first-order valence-electron chi connectivity index (χ1n) is 14.4. The van der Waals surface area contributed by atoms with Crippen LogP contribution < -0.4 is 4.90 Å². The summed E-state index contributed by atoms with van der Waals surface area (Å²) in [6.07, 6.45) is 7.92. The van der Waals surface area contributed by atoms with Gasteiger partial charge in [0.05, 0.1) is 30.8 Å². The highest BCUT2D eigenvalue weighted by Gasteiger charge is 2.75. The molecule has 2 amide bonds. The molecule has 42 heavy (non-hydrogen) atoms. The van der Waals surface area contributed by atoms with Gasteiger partial charge in [0.2, 0.25) is 5.91 Å². The lowest BCUT2D eigenvalue weighted by molar-refractivity contribution is -0.160. The van der Waals surface area contributed by atoms with E-state index in [4.69, 9.17) is 9.47 Å². The summed E-state index contributed by atoms with van der Waals surface area (Å²) in [5.41, 5.74) is -1.24. The molecule has 4 aliphatic rings. The Morgan fingerprint density at radius 3 is 2.45 bits per heavy atom. The molecule has 1 unspecified atom stereocenters. The van der Waals surface area contributed by atoms with Crippen molar-refractivity contribution in [3.05, 3.63) is 103 Å². The molecule has 0 aliphatic carbocycles. The zero-order valence-electron chi connectivity index (χ0n) is 23.3. The third-order valence-electron chi connectivity index (χ3n) is 9.20. The molecule has 2 fully saturated rings. The summed E-state index contributed by atoms with van der Waals surface area (Å²) in [5, 5.41) is 12.7. The number of likely N-dealkylation sites (tertiary alicyclic amines) is 1. The molecule has 0 radical (unpaired) electrons. The van der Waals surface area contributed by atoms with E-state index in [0.29, 0.717) is 17.7 Å². The van der Waals surface area contributed by atoms with Crippen molar-refractivity contribution < 1.29 is 29.0 Å². The molecule has 1 N–H and O–H groups in total. The lowest BCUT2D eigenvalue weighted by atomic mass is 9.74. The van der Waals surface area contributed by atoms with Gasteiger partial charge >= 0.3 is 5.97 Å². The molecule has 3 aromatic rings. The highest BCUT2D eigenvalue weighted by molar-refractivity contribution is 6.06. The Bertz CT molecular complexity index is 1640. The van der Waals surface area contributed by atoms with Gasteiger partial charge in [-0.05, 0) is 41.8 Å². The van der Waals surface area contributed by atoms with Crippen molar-refractivity contribution in [3.8, 4) is 0 Å². The van der Waals surface area contributed by atoms with Crippen molar-refractivity contribution >= 4 is 34.2 Å². The number of hydrogen-bond donors (Lipinski definition) is 1. The Labute approximate surface area is 243 Å². The number of hydrogen-bond acceptors (Lipinski definition) is 6. The van der Waals surface area contributed by atoms with E-state index in [-0.39, 0.29) is 19.1 Å². The van der Waals surface area contributed by atoms with E-state index >= 15 is 0 Å². The van der Waals surface area contributed by atoms with E-state index in [0.717, 1.165) is 10.8 Å². The van der Waals surface area contributed by atoms with Gasteiger partial charge in [-0.1, -0.05) is 85.0 Å². The number of aliphatic hydroxyl groups excluding tert-OH is 1. The third-order valence-corrected chi connectivity index (χ3v) is 9.20. The SMILES string of the molecule is C[C@]12C=CCCOC(=O)[C@H]1[C@H]1C(=O)N([C@H](CO)c3ccccc3)C3C(=O)N(c4ccc5ccccc5c4)CC=C[C@@]31O2. The summed E-state index contributed by atoms with van der Waals surface area (Å²) in [5.74, 6) is -3.25. The molecule has 6 atom stereocenters. The fourth-order valence-corrected chi connectivity index (χ4v) is 7.37. The number of carbonyl (C=O) groups is 3. The van der Waals surface area contributed by atoms with Gasteiger partial charge in [0, 0.05) is 12.2 Å². The number of cyclic esters (lactones) is 1. The Hall–Kier alpha value is -4.27. The van der Waals surface area contributed by atoms with E-state index in [9.17, 15) is 19.5 Å². The molecular weight excluding hydrogens is 532 g/mol. The van der Waals surface area contributed by atoms with Crippen LogP contribution in [-0.4, -0.2) is 64.8 Å². The quantitative estimate of drug-likeness (QED) is 0.381. The van der Waals surface area contributed by atoms with Crippen molar-refractivity contribution in [3.63, 3.8) is 0 Å². The largest absolute Gasteiger partial charge is 0.465 e. The van der Waals surface area contributed by atoms with Crippen molar-refractivity contribution in [2.45, 2.75) is 36.6 Å². The van der Waals surface area contributed by atoms with Crippen LogP contribution in [0.25, 0.3) is 10.8 Å². The maximum atomic E-state index is 14.8. The van der Waals surface area contributed by atoms with Crippen LogP contribution >= 0.6 is 0 Å². The third kappa shape index (κ3) is 3.86. The predicted molar refractivity (Wildman–Crippen MR) is 156 cm³/mol. The molecular formula is C34H32N2O6. The molecule has 7 rings (SSSR count). The number of ether oxygens (including phenoxy) is 2. The van der Waals surface area contributed by atoms with E-state index in [1.165, 1.54) is 4.90 Å². The molecule has 8 heteroatoms. The first-order chi connectivity index (χ1) is 20.4. The molecule has 0 aromatic heterocycles. The van der Waals surface area contributed by atoms with Crippen LogP contribution in [0.4, 0.5) is 5.69 Å². The number of benzene rings is 3. The summed E-state index contributed by atoms with van der Waals surface area (Å²) in [6, 6.07) is 21.0. The maximum Gasteiger partial charge on any atom is 0.313 e. The Morgan fingerprint density at radius 2 is 1.67 bits per heavy atom. The number of anilines is 1. The number of rotatable bonds is 4. The molecule has 1 spiro atoms. The number of carbonyl (C=O) groups excluding carboxylic acids is 3. The summed E-state index contributed by atoms with van der Waals surface area (Å²) in [6.45, 7) is 1.84. The maximum absolute atomic E-state index is 14.8. The predicted octanol–water partition coefficient (Wildman–Crippen LogP) is 3.95. The Morgan fingerprint density at radius 1 is 0.905 bits per heavy atom. The molecule has 3 aromatic carbocycles. The van der Waals surface area contributed by atoms with Crippen molar-refractivity contribution in [2.24, 2.45) is 11.8 Å².